The largest absolute Gasteiger partial charge is 0.504 e. The van der Waals surface area contributed by atoms with Crippen LogP contribution in [-0.2, 0) is 6.54 Å². The van der Waals surface area contributed by atoms with E-state index in [4.69, 9.17) is 4.74 Å². The third-order valence-corrected chi connectivity index (χ3v) is 4.46. The summed E-state index contributed by atoms with van der Waals surface area (Å²) in [7, 11) is 1.40. The van der Waals surface area contributed by atoms with Gasteiger partial charge in [0.05, 0.1) is 24.8 Å². The molecule has 0 unspecified atom stereocenters. The topological polar surface area (TPSA) is 132 Å². The van der Waals surface area contributed by atoms with Crippen LogP contribution in [0.4, 0.5) is 5.69 Å². The molecule has 154 valence electrons. The molecule has 0 aliphatic carbocycles. The Hall–Kier alpha value is -3.73. The van der Waals surface area contributed by atoms with E-state index in [9.17, 15) is 20.0 Å². The number of phenolic OH excluding ortho intramolecular Hbond substituents is 1. The lowest BCUT2D eigenvalue weighted by Gasteiger charge is -2.03. The van der Waals surface area contributed by atoms with Gasteiger partial charge in [-0.2, -0.15) is 10.2 Å². The van der Waals surface area contributed by atoms with Crippen molar-refractivity contribution in [3.05, 3.63) is 80.1 Å². The number of ether oxygens (including phenoxy) is 1. The van der Waals surface area contributed by atoms with Crippen LogP contribution in [0.5, 0.6) is 11.5 Å². The molecule has 0 aliphatic heterocycles. The summed E-state index contributed by atoms with van der Waals surface area (Å²) < 4.78 is 7.18. The van der Waals surface area contributed by atoms with Gasteiger partial charge >= 0.3 is 5.69 Å². The van der Waals surface area contributed by atoms with E-state index in [1.807, 2.05) is 24.3 Å². The summed E-state index contributed by atoms with van der Waals surface area (Å²) in [5.41, 5.74) is 2.84. The molecule has 30 heavy (non-hydrogen) atoms. The number of aromatic hydroxyl groups is 1. The molecule has 1 aromatic heterocycles. The van der Waals surface area contributed by atoms with Crippen molar-refractivity contribution in [2.24, 2.45) is 5.10 Å². The molecule has 1 heterocycles. The number of amides is 1. The quantitative estimate of drug-likeness (QED) is 0.307. The van der Waals surface area contributed by atoms with Crippen LogP contribution < -0.4 is 10.2 Å². The maximum atomic E-state index is 12.4. The fourth-order valence-electron chi connectivity index (χ4n) is 2.60. The van der Waals surface area contributed by atoms with E-state index in [1.54, 1.807) is 6.07 Å². The summed E-state index contributed by atoms with van der Waals surface area (Å²) in [6.07, 6.45) is 2.51. The molecular formula is C19H16BrN5O5. The minimum Gasteiger partial charge on any atom is -0.504 e. The van der Waals surface area contributed by atoms with Crippen molar-refractivity contribution < 1.29 is 19.6 Å². The van der Waals surface area contributed by atoms with Gasteiger partial charge < -0.3 is 9.84 Å². The van der Waals surface area contributed by atoms with Gasteiger partial charge in [-0.05, 0) is 41.5 Å². The number of hydrazone groups is 1. The van der Waals surface area contributed by atoms with Crippen LogP contribution in [0.15, 0.2) is 58.2 Å². The maximum Gasteiger partial charge on any atom is 0.320 e. The van der Waals surface area contributed by atoms with Gasteiger partial charge in [0, 0.05) is 4.47 Å². The molecule has 0 radical (unpaired) electrons. The van der Waals surface area contributed by atoms with E-state index in [0.717, 1.165) is 10.0 Å². The molecule has 2 aromatic carbocycles. The molecule has 0 aliphatic rings. The van der Waals surface area contributed by atoms with Crippen LogP contribution in [0.2, 0.25) is 0 Å². The van der Waals surface area contributed by atoms with Crippen molar-refractivity contribution in [2.75, 3.05) is 7.11 Å². The molecule has 0 saturated carbocycles. The summed E-state index contributed by atoms with van der Waals surface area (Å²) in [4.78, 5) is 23.0. The Balaban J connectivity index is 1.76. The third kappa shape index (κ3) is 5.00. The van der Waals surface area contributed by atoms with Crippen LogP contribution in [-0.4, -0.2) is 39.0 Å². The molecule has 1 amide bonds. The first kappa shape index (κ1) is 21.0. The molecule has 0 fully saturated rings. The number of hydrogen-bond acceptors (Lipinski definition) is 7. The van der Waals surface area contributed by atoms with E-state index >= 15 is 0 Å². The minimum atomic E-state index is -0.823. The summed E-state index contributed by atoms with van der Waals surface area (Å²) in [6.45, 7) is 0.254. The highest BCUT2D eigenvalue weighted by atomic mass is 79.9. The second-order valence-electron chi connectivity index (χ2n) is 6.08. The zero-order valence-corrected chi connectivity index (χ0v) is 17.2. The van der Waals surface area contributed by atoms with Crippen LogP contribution in [0, 0.1) is 10.1 Å². The lowest BCUT2D eigenvalue weighted by atomic mass is 10.2. The molecule has 10 nitrogen and oxygen atoms in total. The van der Waals surface area contributed by atoms with Crippen LogP contribution >= 0.6 is 15.9 Å². The molecule has 3 aromatic rings. The zero-order valence-electron chi connectivity index (χ0n) is 15.7. The predicted octanol–water partition coefficient (Wildman–Crippen LogP) is 3.08. The summed E-state index contributed by atoms with van der Waals surface area (Å²) >= 11 is 3.36. The maximum absolute atomic E-state index is 12.4. The predicted molar refractivity (Wildman–Crippen MR) is 112 cm³/mol. The number of halogens is 1. The van der Waals surface area contributed by atoms with E-state index in [2.05, 4.69) is 31.6 Å². The minimum absolute atomic E-state index is 0.0368. The number of nitrogens with one attached hydrogen (secondary N) is 1. The Kier molecular flexibility index (Phi) is 6.42. The number of aromatic nitrogens is 2. The van der Waals surface area contributed by atoms with E-state index in [-0.39, 0.29) is 23.7 Å². The fourth-order valence-corrected chi connectivity index (χ4v) is 3.05. The second-order valence-corrected chi connectivity index (χ2v) is 6.99. The highest BCUT2D eigenvalue weighted by molar-refractivity contribution is 9.10. The number of nitro groups is 1. The Morgan fingerprint density at radius 3 is 2.90 bits per heavy atom. The first-order valence-corrected chi connectivity index (χ1v) is 9.33. The van der Waals surface area contributed by atoms with Crippen molar-refractivity contribution in [1.29, 1.82) is 0 Å². The Morgan fingerprint density at radius 1 is 1.40 bits per heavy atom. The number of carbonyl (C=O) groups is 1. The van der Waals surface area contributed by atoms with Gasteiger partial charge in [-0.3, -0.25) is 19.6 Å². The first-order chi connectivity index (χ1) is 14.4. The molecule has 0 spiro atoms. The summed E-state index contributed by atoms with van der Waals surface area (Å²) in [5, 5.41) is 28.7. The first-order valence-electron chi connectivity index (χ1n) is 8.54. The molecule has 2 N–H and O–H groups in total. The highest BCUT2D eigenvalue weighted by Gasteiger charge is 2.25. The number of methoxy groups -OCH3 is 1. The van der Waals surface area contributed by atoms with Crippen molar-refractivity contribution in [1.82, 2.24) is 15.2 Å². The van der Waals surface area contributed by atoms with Gasteiger partial charge in [0.2, 0.25) is 5.69 Å². The number of benzene rings is 2. The third-order valence-electron chi connectivity index (χ3n) is 3.97. The average molecular weight is 474 g/mol. The Labute approximate surface area is 179 Å². The lowest BCUT2D eigenvalue weighted by Crippen LogP contribution is -2.19. The highest BCUT2D eigenvalue weighted by Crippen LogP contribution is 2.25. The van der Waals surface area contributed by atoms with Gasteiger partial charge in [-0.25, -0.2) is 5.43 Å². The van der Waals surface area contributed by atoms with E-state index < -0.39 is 16.5 Å². The van der Waals surface area contributed by atoms with Gasteiger partial charge in [-0.15, -0.1) is 0 Å². The molecule has 3 rings (SSSR count). The number of rotatable bonds is 7. The summed E-state index contributed by atoms with van der Waals surface area (Å²) in [5.74, 6) is -0.616. The fraction of sp³-hybridized carbons (Fsp3) is 0.105. The summed E-state index contributed by atoms with van der Waals surface area (Å²) in [6, 6.07) is 11.9. The number of phenols is 1. The van der Waals surface area contributed by atoms with Crippen LogP contribution in [0.25, 0.3) is 0 Å². The zero-order chi connectivity index (χ0) is 21.7. The van der Waals surface area contributed by atoms with Gasteiger partial charge in [-0.1, -0.05) is 28.1 Å². The van der Waals surface area contributed by atoms with Gasteiger partial charge in [0.1, 0.15) is 6.20 Å². The molecule has 11 heteroatoms. The lowest BCUT2D eigenvalue weighted by molar-refractivity contribution is -0.385. The second kappa shape index (κ2) is 9.18. The Morgan fingerprint density at radius 2 is 2.20 bits per heavy atom. The molecular weight excluding hydrogens is 458 g/mol. The van der Waals surface area contributed by atoms with E-state index in [0.29, 0.717) is 5.56 Å². The van der Waals surface area contributed by atoms with Gasteiger partial charge in [0.15, 0.2) is 11.5 Å². The van der Waals surface area contributed by atoms with Crippen molar-refractivity contribution in [2.45, 2.75) is 6.54 Å². The van der Waals surface area contributed by atoms with Crippen molar-refractivity contribution in [3.63, 3.8) is 0 Å². The molecule has 0 bridgehead atoms. The van der Waals surface area contributed by atoms with E-state index in [1.165, 1.54) is 36.3 Å². The molecule has 0 saturated heterocycles. The van der Waals surface area contributed by atoms with Gasteiger partial charge in [0.25, 0.3) is 5.91 Å². The number of carbonyl (C=O) groups excluding carboxylic acids is 1. The standard InChI is InChI=1S/C19H16BrN5O5/c1-30-17-8-12(5-6-16(17)26)9-21-22-19(27)18-15(25(28)29)11-24(23-18)10-13-3-2-4-14(20)7-13/h2-9,11,26H,10H2,1H3,(H,22,27)/b21-9+. The average Bonchev–Trinajstić information content (AvgIpc) is 3.13. The number of hydrogen-bond donors (Lipinski definition) is 2. The van der Waals surface area contributed by atoms with Crippen molar-refractivity contribution >= 4 is 33.7 Å². The smallest absolute Gasteiger partial charge is 0.320 e. The SMILES string of the molecule is COc1cc(/C=N/NC(=O)c2nn(Cc3cccc(Br)c3)cc2[N+](=O)[O-])ccc1O. The normalized spacial score (nSPS) is 10.9. The molecule has 0 atom stereocenters. The van der Waals surface area contributed by atoms with Crippen LogP contribution in [0.3, 0.4) is 0 Å². The number of nitrogens with zero attached hydrogens (tertiary/aromatic N) is 4. The van der Waals surface area contributed by atoms with Crippen molar-refractivity contribution in [3.8, 4) is 11.5 Å². The monoisotopic (exact) mass is 473 g/mol. The van der Waals surface area contributed by atoms with Crippen LogP contribution in [0.1, 0.15) is 21.6 Å². The Bertz CT molecular complexity index is 1130.